The van der Waals surface area contributed by atoms with E-state index in [1.165, 1.54) is 5.56 Å². The molecule has 0 bridgehead atoms. The van der Waals surface area contributed by atoms with Gasteiger partial charge in [-0.2, -0.15) is 0 Å². The van der Waals surface area contributed by atoms with Gasteiger partial charge in [-0.25, -0.2) is 0 Å². The first-order valence-corrected chi connectivity index (χ1v) is 5.81. The Kier molecular flexibility index (Phi) is 3.55. The van der Waals surface area contributed by atoms with Crippen molar-refractivity contribution in [1.29, 1.82) is 0 Å². The van der Waals surface area contributed by atoms with Crippen LogP contribution in [-0.2, 0) is 6.42 Å². The van der Waals surface area contributed by atoms with Gasteiger partial charge in [0, 0.05) is 12.6 Å². The summed E-state index contributed by atoms with van der Waals surface area (Å²) in [4.78, 5) is 4.25. The van der Waals surface area contributed by atoms with E-state index < -0.39 is 6.10 Å². The number of rotatable bonds is 3. The van der Waals surface area contributed by atoms with Gasteiger partial charge < -0.3 is 5.11 Å². The second-order valence-corrected chi connectivity index (χ2v) is 4.47. The molecule has 0 aliphatic heterocycles. The van der Waals surface area contributed by atoms with Gasteiger partial charge >= 0.3 is 0 Å². The lowest BCUT2D eigenvalue weighted by atomic mass is 10.0. The summed E-state index contributed by atoms with van der Waals surface area (Å²) in [5.41, 5.74) is 4.19. The Morgan fingerprint density at radius 2 is 1.94 bits per heavy atom. The van der Waals surface area contributed by atoms with Crippen LogP contribution in [0.15, 0.2) is 42.6 Å². The smallest absolute Gasteiger partial charge is 0.0999 e. The van der Waals surface area contributed by atoms with E-state index in [1.54, 1.807) is 6.20 Å². The molecule has 2 rings (SSSR count). The average molecular weight is 227 g/mol. The summed E-state index contributed by atoms with van der Waals surface area (Å²) in [5.74, 6) is 0. The molecule has 17 heavy (non-hydrogen) atoms. The van der Waals surface area contributed by atoms with E-state index in [-0.39, 0.29) is 0 Å². The second-order valence-electron chi connectivity index (χ2n) is 4.47. The number of hydrogen-bond acceptors (Lipinski definition) is 2. The number of aliphatic hydroxyl groups is 1. The molecule has 0 saturated heterocycles. The maximum atomic E-state index is 10.1. The number of aryl methyl sites for hydroxylation is 2. The first-order chi connectivity index (χ1) is 8.15. The van der Waals surface area contributed by atoms with Crippen LogP contribution in [0.2, 0.25) is 0 Å². The molecule has 1 aromatic heterocycles. The van der Waals surface area contributed by atoms with Crippen molar-refractivity contribution in [2.24, 2.45) is 0 Å². The van der Waals surface area contributed by atoms with Gasteiger partial charge in [0.1, 0.15) is 0 Å². The Bertz CT molecular complexity index is 491. The van der Waals surface area contributed by atoms with Crippen molar-refractivity contribution in [3.63, 3.8) is 0 Å². The number of hydrogen-bond donors (Lipinski definition) is 1. The van der Waals surface area contributed by atoms with Gasteiger partial charge in [-0.1, -0.05) is 35.9 Å². The molecule has 88 valence electrons. The predicted octanol–water partition coefficient (Wildman–Crippen LogP) is 2.97. The number of nitrogens with zero attached hydrogens (tertiary/aromatic N) is 1. The van der Waals surface area contributed by atoms with Crippen molar-refractivity contribution >= 4 is 0 Å². The van der Waals surface area contributed by atoms with Gasteiger partial charge in [0.25, 0.3) is 0 Å². The lowest BCUT2D eigenvalue weighted by Gasteiger charge is -2.10. The van der Waals surface area contributed by atoms with Crippen LogP contribution in [-0.4, -0.2) is 10.1 Å². The molecular formula is C15H17NO. The van der Waals surface area contributed by atoms with E-state index in [9.17, 15) is 5.11 Å². The maximum Gasteiger partial charge on any atom is 0.0999 e. The Hall–Kier alpha value is -1.67. The first kappa shape index (κ1) is 11.8. The topological polar surface area (TPSA) is 33.1 Å². The standard InChI is InChI=1S/C15H17NO/c1-11-4-3-5-13(8-11)9-15(17)14-7-6-12(2)10-16-14/h3-8,10,15,17H,9H2,1-2H3. The van der Waals surface area contributed by atoms with Gasteiger partial charge in [-0.3, -0.25) is 4.98 Å². The van der Waals surface area contributed by atoms with Crippen molar-refractivity contribution in [3.8, 4) is 0 Å². The summed E-state index contributed by atoms with van der Waals surface area (Å²) in [6, 6.07) is 12.1. The third-order valence-corrected chi connectivity index (χ3v) is 2.79. The van der Waals surface area contributed by atoms with Crippen molar-refractivity contribution in [1.82, 2.24) is 4.98 Å². The highest BCUT2D eigenvalue weighted by molar-refractivity contribution is 5.24. The average Bonchev–Trinajstić information content (AvgIpc) is 2.29. The van der Waals surface area contributed by atoms with Crippen molar-refractivity contribution < 1.29 is 5.11 Å². The Balaban J connectivity index is 2.11. The minimum Gasteiger partial charge on any atom is -0.386 e. The normalized spacial score (nSPS) is 12.4. The summed E-state index contributed by atoms with van der Waals surface area (Å²) in [6.45, 7) is 4.05. The summed E-state index contributed by atoms with van der Waals surface area (Å²) in [6.07, 6.45) is 1.87. The molecule has 1 heterocycles. The summed E-state index contributed by atoms with van der Waals surface area (Å²) in [5, 5.41) is 10.1. The van der Waals surface area contributed by atoms with Crippen LogP contribution in [0.4, 0.5) is 0 Å². The van der Waals surface area contributed by atoms with Crippen molar-refractivity contribution in [3.05, 3.63) is 65.0 Å². The number of aliphatic hydroxyl groups excluding tert-OH is 1. The molecule has 0 radical (unpaired) electrons. The molecule has 2 aromatic rings. The molecule has 0 aliphatic carbocycles. The van der Waals surface area contributed by atoms with Crippen LogP contribution in [0.5, 0.6) is 0 Å². The molecule has 1 unspecified atom stereocenters. The van der Waals surface area contributed by atoms with Gasteiger partial charge in [0.05, 0.1) is 11.8 Å². The van der Waals surface area contributed by atoms with Gasteiger partial charge in [0.2, 0.25) is 0 Å². The van der Waals surface area contributed by atoms with E-state index in [0.717, 1.165) is 16.8 Å². The molecular weight excluding hydrogens is 210 g/mol. The van der Waals surface area contributed by atoms with Crippen molar-refractivity contribution in [2.75, 3.05) is 0 Å². The van der Waals surface area contributed by atoms with E-state index in [1.807, 2.05) is 31.2 Å². The van der Waals surface area contributed by atoms with Crippen molar-refractivity contribution in [2.45, 2.75) is 26.4 Å². The molecule has 0 spiro atoms. The molecule has 2 heteroatoms. The molecule has 1 N–H and O–H groups in total. The zero-order chi connectivity index (χ0) is 12.3. The second kappa shape index (κ2) is 5.11. The van der Waals surface area contributed by atoms with Gasteiger partial charge in [0.15, 0.2) is 0 Å². The Morgan fingerprint density at radius 3 is 2.59 bits per heavy atom. The molecule has 0 fully saturated rings. The highest BCUT2D eigenvalue weighted by Gasteiger charge is 2.09. The predicted molar refractivity (Wildman–Crippen MR) is 68.8 cm³/mol. The quantitative estimate of drug-likeness (QED) is 0.874. The summed E-state index contributed by atoms with van der Waals surface area (Å²) < 4.78 is 0. The van der Waals surface area contributed by atoms with E-state index >= 15 is 0 Å². The van der Waals surface area contributed by atoms with E-state index in [0.29, 0.717) is 6.42 Å². The number of aromatic nitrogens is 1. The van der Waals surface area contributed by atoms with Crippen LogP contribution in [0.1, 0.15) is 28.5 Å². The number of benzene rings is 1. The van der Waals surface area contributed by atoms with Gasteiger partial charge in [-0.05, 0) is 31.0 Å². The lowest BCUT2D eigenvalue weighted by Crippen LogP contribution is -2.04. The lowest BCUT2D eigenvalue weighted by molar-refractivity contribution is 0.173. The van der Waals surface area contributed by atoms with Crippen LogP contribution < -0.4 is 0 Å². The molecule has 1 aromatic carbocycles. The third-order valence-electron chi connectivity index (χ3n) is 2.79. The fourth-order valence-electron chi connectivity index (χ4n) is 1.84. The summed E-state index contributed by atoms with van der Waals surface area (Å²) in [7, 11) is 0. The fraction of sp³-hybridized carbons (Fsp3) is 0.267. The first-order valence-electron chi connectivity index (χ1n) is 5.81. The molecule has 0 amide bonds. The molecule has 1 atom stereocenters. The highest BCUT2D eigenvalue weighted by Crippen LogP contribution is 2.17. The highest BCUT2D eigenvalue weighted by atomic mass is 16.3. The van der Waals surface area contributed by atoms with Crippen LogP contribution in [0, 0.1) is 13.8 Å². The molecule has 2 nitrogen and oxygen atoms in total. The zero-order valence-corrected chi connectivity index (χ0v) is 10.2. The molecule has 0 saturated carbocycles. The van der Waals surface area contributed by atoms with E-state index in [2.05, 4.69) is 24.0 Å². The Labute approximate surface area is 102 Å². The largest absolute Gasteiger partial charge is 0.386 e. The van der Waals surface area contributed by atoms with Gasteiger partial charge in [-0.15, -0.1) is 0 Å². The number of pyridine rings is 1. The molecule has 0 aliphatic rings. The SMILES string of the molecule is Cc1ccc(C(O)Cc2cccc(C)c2)nc1. The maximum absolute atomic E-state index is 10.1. The van der Waals surface area contributed by atoms with E-state index in [4.69, 9.17) is 0 Å². The minimum atomic E-state index is -0.530. The van der Waals surface area contributed by atoms with Crippen LogP contribution >= 0.6 is 0 Å². The zero-order valence-electron chi connectivity index (χ0n) is 10.2. The Morgan fingerprint density at radius 1 is 1.12 bits per heavy atom. The minimum absolute atomic E-state index is 0.530. The van der Waals surface area contributed by atoms with Crippen LogP contribution in [0.3, 0.4) is 0 Å². The third kappa shape index (κ3) is 3.14. The summed E-state index contributed by atoms with van der Waals surface area (Å²) >= 11 is 0. The monoisotopic (exact) mass is 227 g/mol. The fourth-order valence-corrected chi connectivity index (χ4v) is 1.84. The van der Waals surface area contributed by atoms with Crippen LogP contribution in [0.25, 0.3) is 0 Å².